The quantitative estimate of drug-likeness (QED) is 0.115. The second-order valence-electron chi connectivity index (χ2n) is 14.8. The van der Waals surface area contributed by atoms with Crippen molar-refractivity contribution in [1.29, 1.82) is 0 Å². The first kappa shape index (κ1) is 39.7. The molecule has 0 saturated heterocycles. The highest BCUT2D eigenvalue weighted by Crippen LogP contribution is 2.29. The molecule has 0 bridgehead atoms. The van der Waals surface area contributed by atoms with Crippen molar-refractivity contribution in [2.75, 3.05) is 11.9 Å². The van der Waals surface area contributed by atoms with Crippen LogP contribution in [0.5, 0.6) is 0 Å². The minimum absolute atomic E-state index is 0.133. The summed E-state index contributed by atoms with van der Waals surface area (Å²) >= 11 is 0. The summed E-state index contributed by atoms with van der Waals surface area (Å²) in [6.45, 7) is 8.39. The number of halogens is 3. The molecule has 2 atom stereocenters. The number of pyridine rings is 1. The van der Waals surface area contributed by atoms with Crippen LogP contribution in [-0.4, -0.2) is 69.4 Å². The molecule has 54 heavy (non-hydrogen) atoms. The highest BCUT2D eigenvalue weighted by Gasteiger charge is 2.37. The first-order valence-electron chi connectivity index (χ1n) is 17.9. The zero-order valence-corrected chi connectivity index (χ0v) is 30.9. The number of fused-ring (bicyclic) bond motifs is 1. The number of hydrogen-bond acceptors (Lipinski definition) is 7. The van der Waals surface area contributed by atoms with E-state index in [4.69, 9.17) is 4.74 Å². The predicted molar refractivity (Wildman–Crippen MR) is 197 cm³/mol. The summed E-state index contributed by atoms with van der Waals surface area (Å²) in [6, 6.07) is 12.7. The second-order valence-corrected chi connectivity index (χ2v) is 14.8. The zero-order valence-electron chi connectivity index (χ0n) is 30.9. The predicted octanol–water partition coefficient (Wildman–Crippen LogP) is 6.61. The minimum Gasteiger partial charge on any atom is -0.444 e. The van der Waals surface area contributed by atoms with Crippen molar-refractivity contribution in [3.8, 4) is 11.1 Å². The van der Waals surface area contributed by atoms with E-state index in [1.165, 1.54) is 6.07 Å². The van der Waals surface area contributed by atoms with Gasteiger partial charge in [-0.25, -0.2) is 9.78 Å². The topological polar surface area (TPSA) is 167 Å². The van der Waals surface area contributed by atoms with Crippen LogP contribution < -0.4 is 21.3 Å². The van der Waals surface area contributed by atoms with Crippen LogP contribution in [0.2, 0.25) is 0 Å². The highest BCUT2D eigenvalue weighted by atomic mass is 19.4. The molecule has 15 heteroatoms. The van der Waals surface area contributed by atoms with Crippen molar-refractivity contribution in [3.63, 3.8) is 0 Å². The number of aromatic amines is 1. The molecule has 12 nitrogen and oxygen atoms in total. The molecule has 0 spiro atoms. The first-order valence-corrected chi connectivity index (χ1v) is 17.9. The third-order valence-corrected chi connectivity index (χ3v) is 9.36. The van der Waals surface area contributed by atoms with Gasteiger partial charge in [-0.2, -0.15) is 18.3 Å². The summed E-state index contributed by atoms with van der Waals surface area (Å²) in [5.74, 6) is -1.62. The van der Waals surface area contributed by atoms with Gasteiger partial charge in [0.2, 0.25) is 11.8 Å². The van der Waals surface area contributed by atoms with Gasteiger partial charge in [-0.3, -0.25) is 19.5 Å². The van der Waals surface area contributed by atoms with Gasteiger partial charge in [-0.1, -0.05) is 30.3 Å². The van der Waals surface area contributed by atoms with Crippen molar-refractivity contribution < 1.29 is 37.1 Å². The van der Waals surface area contributed by atoms with Crippen LogP contribution in [0.4, 0.5) is 23.7 Å². The molecule has 4 aromatic rings. The molecule has 2 aromatic carbocycles. The van der Waals surface area contributed by atoms with E-state index < -0.39 is 41.8 Å². The highest BCUT2D eigenvalue weighted by molar-refractivity contribution is 5.99. The number of ether oxygens (including phenoxy) is 1. The smallest absolute Gasteiger partial charge is 0.408 e. The molecule has 0 aliphatic heterocycles. The molecule has 5 rings (SSSR count). The fourth-order valence-electron chi connectivity index (χ4n) is 6.31. The lowest BCUT2D eigenvalue weighted by Gasteiger charge is -2.29. The van der Waals surface area contributed by atoms with Gasteiger partial charge in [0, 0.05) is 41.2 Å². The van der Waals surface area contributed by atoms with E-state index in [1.807, 2.05) is 35.6 Å². The number of nitrogens with zero attached hydrogens (tertiary/aromatic N) is 2. The van der Waals surface area contributed by atoms with E-state index in [0.717, 1.165) is 41.8 Å². The normalized spacial score (nSPS) is 17.3. The Morgan fingerprint density at radius 1 is 0.944 bits per heavy atom. The number of carbonyl (C=O) groups is 4. The number of rotatable bonds is 11. The number of hydrogen-bond donors (Lipinski definition) is 5. The Hall–Kier alpha value is -5.47. The average Bonchev–Trinajstić information content (AvgIpc) is 3.58. The number of H-pyrrole nitrogens is 1. The average molecular weight is 750 g/mol. The van der Waals surface area contributed by atoms with E-state index in [1.54, 1.807) is 52.1 Å². The van der Waals surface area contributed by atoms with E-state index in [2.05, 4.69) is 31.1 Å². The third-order valence-electron chi connectivity index (χ3n) is 9.36. The summed E-state index contributed by atoms with van der Waals surface area (Å²) in [5, 5.41) is 18.5. The molecule has 5 N–H and O–H groups in total. The summed E-state index contributed by atoms with van der Waals surface area (Å²) in [6.07, 6.45) is -0.478. The van der Waals surface area contributed by atoms with E-state index in [0.29, 0.717) is 36.3 Å². The maximum atomic E-state index is 13.7. The molecule has 1 saturated carbocycles. The van der Waals surface area contributed by atoms with Gasteiger partial charge in [0.1, 0.15) is 23.4 Å². The Kier molecular flexibility index (Phi) is 12.3. The Morgan fingerprint density at radius 3 is 2.30 bits per heavy atom. The Labute approximate surface area is 311 Å². The summed E-state index contributed by atoms with van der Waals surface area (Å²) in [7, 11) is 0. The number of alkyl halides is 3. The van der Waals surface area contributed by atoms with E-state index >= 15 is 0 Å². The van der Waals surface area contributed by atoms with E-state index in [9.17, 15) is 32.3 Å². The van der Waals surface area contributed by atoms with Gasteiger partial charge >= 0.3 is 12.3 Å². The molecule has 2 heterocycles. The van der Waals surface area contributed by atoms with Crippen molar-refractivity contribution in [1.82, 2.24) is 31.1 Å². The van der Waals surface area contributed by atoms with Gasteiger partial charge < -0.3 is 26.0 Å². The molecule has 1 aliphatic rings. The number of amides is 4. The standard InChI is InChI=1S/C39H46F3N7O5/c1-22-30(16-17-31(45-22)35(51)46-23(2)39(40,41)42)26-10-6-24(7-11-26)18-33(36(52)47-29-15-14-28-21-44-49-32(28)19-29)48-34(50)27-12-8-25(9-13-27)20-43-37(53)54-38(3,4)5/h6-7,10-11,14-17,19,21,23,25,27,33H,8-9,12-13,18,20H2,1-5H3,(H,43,53)(H,44,49)(H,46,51)(H,47,52)(H,48,50)/t23?,25-,27-,33-/m0/s1. The van der Waals surface area contributed by atoms with Gasteiger partial charge in [0.25, 0.3) is 5.91 Å². The summed E-state index contributed by atoms with van der Waals surface area (Å²) in [4.78, 5) is 56.1. The minimum atomic E-state index is -4.58. The SMILES string of the molecule is Cc1nc(C(=O)NC(C)C(F)(F)F)ccc1-c1ccc(C[C@H](NC(=O)[C@H]2CC[C@H](CNC(=O)OC(C)(C)C)CC2)C(=O)Nc2ccc3cn[nH]c3c2)cc1. The molecular weight excluding hydrogens is 703 g/mol. The van der Waals surface area contributed by atoms with Gasteiger partial charge in [0.05, 0.1) is 11.7 Å². The summed E-state index contributed by atoms with van der Waals surface area (Å²) in [5.41, 5.74) is 3.20. The molecule has 0 radical (unpaired) electrons. The van der Waals surface area contributed by atoms with Gasteiger partial charge in [-0.05, 0) is 102 Å². The lowest BCUT2D eigenvalue weighted by atomic mass is 9.81. The van der Waals surface area contributed by atoms with E-state index in [-0.39, 0.29) is 29.9 Å². The number of benzene rings is 2. The van der Waals surface area contributed by atoms with Crippen molar-refractivity contribution in [2.45, 2.75) is 90.6 Å². The van der Waals surface area contributed by atoms with Crippen molar-refractivity contribution in [3.05, 3.63) is 77.7 Å². The first-order chi connectivity index (χ1) is 25.4. The van der Waals surface area contributed by atoms with Crippen LogP contribution in [0.3, 0.4) is 0 Å². The number of anilines is 1. The van der Waals surface area contributed by atoms with Crippen LogP contribution in [0.25, 0.3) is 22.0 Å². The number of alkyl carbamates (subject to hydrolysis) is 1. The number of aromatic nitrogens is 3. The molecule has 1 fully saturated rings. The molecule has 288 valence electrons. The third kappa shape index (κ3) is 10.8. The van der Waals surface area contributed by atoms with Crippen LogP contribution in [0.1, 0.15) is 75.1 Å². The molecular formula is C39H46F3N7O5. The molecule has 2 aromatic heterocycles. The maximum absolute atomic E-state index is 13.7. The fraction of sp³-hybridized carbons (Fsp3) is 0.436. The summed E-state index contributed by atoms with van der Waals surface area (Å²) < 4.78 is 44.1. The number of carbonyl (C=O) groups excluding carboxylic acids is 4. The largest absolute Gasteiger partial charge is 0.444 e. The van der Waals surface area contributed by atoms with Crippen molar-refractivity contribution in [2.24, 2.45) is 11.8 Å². The number of aryl methyl sites for hydroxylation is 1. The van der Waals surface area contributed by atoms with Crippen LogP contribution in [0, 0.1) is 18.8 Å². The fourth-order valence-corrected chi connectivity index (χ4v) is 6.31. The van der Waals surface area contributed by atoms with Gasteiger partial charge in [0.15, 0.2) is 0 Å². The number of nitrogens with one attached hydrogen (secondary N) is 5. The van der Waals surface area contributed by atoms with Crippen LogP contribution in [-0.2, 0) is 20.7 Å². The second kappa shape index (κ2) is 16.7. The molecule has 4 amide bonds. The Bertz CT molecular complexity index is 1970. The van der Waals surface area contributed by atoms with Crippen LogP contribution in [0.15, 0.2) is 60.8 Å². The van der Waals surface area contributed by atoms with Gasteiger partial charge in [-0.15, -0.1) is 0 Å². The van der Waals surface area contributed by atoms with Crippen LogP contribution >= 0.6 is 0 Å². The Morgan fingerprint density at radius 2 is 1.65 bits per heavy atom. The lowest BCUT2D eigenvalue weighted by molar-refractivity contribution is -0.149. The molecule has 1 unspecified atom stereocenters. The monoisotopic (exact) mass is 749 g/mol. The van der Waals surface area contributed by atoms with Crippen molar-refractivity contribution >= 4 is 40.4 Å². The Balaban J connectivity index is 1.25. The molecule has 1 aliphatic carbocycles. The maximum Gasteiger partial charge on any atom is 0.408 e. The lowest BCUT2D eigenvalue weighted by Crippen LogP contribution is -2.48. The zero-order chi connectivity index (χ0) is 39.2.